The minimum absolute atomic E-state index is 0.0915. The van der Waals surface area contributed by atoms with E-state index in [0.717, 1.165) is 11.1 Å². The van der Waals surface area contributed by atoms with Crippen LogP contribution in [0, 0.1) is 0 Å². The number of para-hydroxylation sites is 1. The van der Waals surface area contributed by atoms with E-state index in [2.05, 4.69) is 26.1 Å². The molecule has 0 saturated heterocycles. The van der Waals surface area contributed by atoms with Gasteiger partial charge in [-0.3, -0.25) is 9.10 Å². The average molecular weight is 539 g/mol. The Morgan fingerprint density at radius 1 is 1.03 bits per heavy atom. The summed E-state index contributed by atoms with van der Waals surface area (Å²) in [5, 5.41) is 2.95. The molecule has 8 nitrogen and oxygen atoms in total. The Morgan fingerprint density at radius 2 is 1.71 bits per heavy atom. The molecule has 1 aliphatic rings. The fraction of sp³-hybridized carbons (Fsp3) is 0.345. The molecule has 0 fully saturated rings. The Balaban J connectivity index is 1.70. The number of benzene rings is 3. The molecule has 0 unspecified atom stereocenters. The number of nitrogens with zero attached hydrogens (tertiary/aromatic N) is 1. The Labute approximate surface area is 224 Å². The zero-order chi connectivity index (χ0) is 27.7. The number of ether oxygens (including phenoxy) is 3. The summed E-state index contributed by atoms with van der Waals surface area (Å²) in [6.45, 7) is 7.82. The zero-order valence-corrected chi connectivity index (χ0v) is 23.3. The van der Waals surface area contributed by atoms with E-state index >= 15 is 0 Å². The van der Waals surface area contributed by atoms with Gasteiger partial charge in [0.15, 0.2) is 6.10 Å². The van der Waals surface area contributed by atoms with Gasteiger partial charge in [0.05, 0.1) is 37.4 Å². The summed E-state index contributed by atoms with van der Waals surface area (Å²) < 4.78 is 45.7. The van der Waals surface area contributed by atoms with Crippen LogP contribution in [0.15, 0.2) is 71.6 Å². The first-order valence-corrected chi connectivity index (χ1v) is 13.8. The van der Waals surface area contributed by atoms with Gasteiger partial charge in [0.2, 0.25) is 0 Å². The molecule has 9 heteroatoms. The molecule has 0 bridgehead atoms. The molecule has 38 heavy (non-hydrogen) atoms. The number of amides is 1. The highest BCUT2D eigenvalue weighted by molar-refractivity contribution is 7.92. The number of hydrogen-bond donors (Lipinski definition) is 1. The van der Waals surface area contributed by atoms with Crippen LogP contribution in [-0.4, -0.2) is 41.2 Å². The smallest absolute Gasteiger partial charge is 0.264 e. The molecule has 1 heterocycles. The van der Waals surface area contributed by atoms with Crippen molar-refractivity contribution in [3.63, 3.8) is 0 Å². The van der Waals surface area contributed by atoms with Gasteiger partial charge in [-0.1, -0.05) is 45.0 Å². The molecule has 1 aliphatic heterocycles. The summed E-state index contributed by atoms with van der Waals surface area (Å²) in [6.07, 6.45) is -1.06. The van der Waals surface area contributed by atoms with Crippen LogP contribution in [0.4, 0.5) is 5.69 Å². The first-order chi connectivity index (χ1) is 18.0. The maximum Gasteiger partial charge on any atom is 0.264 e. The Kier molecular flexibility index (Phi) is 7.60. The number of nitrogens with one attached hydrogen (secondary N) is 1. The minimum atomic E-state index is -4.02. The van der Waals surface area contributed by atoms with Crippen molar-refractivity contribution in [1.29, 1.82) is 0 Å². The predicted molar refractivity (Wildman–Crippen MR) is 147 cm³/mol. The van der Waals surface area contributed by atoms with E-state index in [4.69, 9.17) is 14.2 Å². The van der Waals surface area contributed by atoms with E-state index in [-0.39, 0.29) is 16.9 Å². The summed E-state index contributed by atoms with van der Waals surface area (Å²) in [5.74, 6) is 1.09. The van der Waals surface area contributed by atoms with Crippen LogP contribution < -0.4 is 23.8 Å². The normalized spacial score (nSPS) is 16.2. The summed E-state index contributed by atoms with van der Waals surface area (Å²) in [7, 11) is -0.932. The Hall–Kier alpha value is -3.72. The number of fused-ring (bicyclic) bond motifs is 1. The third-order valence-electron chi connectivity index (χ3n) is 6.60. The quantitative estimate of drug-likeness (QED) is 0.463. The van der Waals surface area contributed by atoms with Crippen LogP contribution in [0.5, 0.6) is 17.2 Å². The number of rotatable bonds is 7. The van der Waals surface area contributed by atoms with Crippen LogP contribution in [0.3, 0.4) is 0 Å². The summed E-state index contributed by atoms with van der Waals surface area (Å²) in [6, 6.07) is 18.7. The SMILES string of the molecule is COc1ccc(S(=O)(=O)N2C[C@H](C(=O)N[C@@H](C)c3ccccc3OC)Oc3ccc(C(C)(C)C)cc32)cc1. The van der Waals surface area contributed by atoms with E-state index in [9.17, 15) is 13.2 Å². The second-order valence-corrected chi connectivity index (χ2v) is 12.1. The lowest BCUT2D eigenvalue weighted by Crippen LogP contribution is -2.51. The van der Waals surface area contributed by atoms with E-state index < -0.39 is 28.1 Å². The lowest BCUT2D eigenvalue weighted by atomic mass is 9.86. The molecular weight excluding hydrogens is 504 g/mol. The molecular formula is C29H34N2O6S. The first kappa shape index (κ1) is 27.3. The molecule has 4 rings (SSSR count). The van der Waals surface area contributed by atoms with Crippen molar-refractivity contribution in [2.24, 2.45) is 0 Å². The van der Waals surface area contributed by atoms with Gasteiger partial charge in [-0.25, -0.2) is 8.42 Å². The van der Waals surface area contributed by atoms with E-state index in [1.165, 1.54) is 23.5 Å². The number of carbonyl (C=O) groups is 1. The van der Waals surface area contributed by atoms with Crippen LogP contribution >= 0.6 is 0 Å². The lowest BCUT2D eigenvalue weighted by Gasteiger charge is -2.36. The molecule has 0 spiro atoms. The molecule has 0 saturated carbocycles. The summed E-state index contributed by atoms with van der Waals surface area (Å²) >= 11 is 0. The molecule has 1 amide bonds. The highest BCUT2D eigenvalue weighted by Crippen LogP contribution is 2.40. The second kappa shape index (κ2) is 10.6. The van der Waals surface area contributed by atoms with Gasteiger partial charge < -0.3 is 19.5 Å². The molecule has 2 atom stereocenters. The van der Waals surface area contributed by atoms with E-state index in [1.54, 1.807) is 25.3 Å². The van der Waals surface area contributed by atoms with Crippen LogP contribution in [0.2, 0.25) is 0 Å². The van der Waals surface area contributed by atoms with Crippen molar-refractivity contribution >= 4 is 21.6 Å². The maximum atomic E-state index is 13.9. The van der Waals surface area contributed by atoms with E-state index in [0.29, 0.717) is 22.9 Å². The largest absolute Gasteiger partial charge is 0.497 e. The Morgan fingerprint density at radius 3 is 2.34 bits per heavy atom. The van der Waals surface area contributed by atoms with Gasteiger partial charge in [-0.15, -0.1) is 0 Å². The van der Waals surface area contributed by atoms with Crippen molar-refractivity contribution in [2.75, 3.05) is 25.1 Å². The van der Waals surface area contributed by atoms with Crippen LogP contribution in [-0.2, 0) is 20.2 Å². The molecule has 1 N–H and O–H groups in total. The topological polar surface area (TPSA) is 94.2 Å². The van der Waals surface area contributed by atoms with Crippen molar-refractivity contribution in [2.45, 2.75) is 50.2 Å². The lowest BCUT2D eigenvalue weighted by molar-refractivity contribution is -0.128. The van der Waals surface area contributed by atoms with Crippen LogP contribution in [0.25, 0.3) is 0 Å². The summed E-state index contributed by atoms with van der Waals surface area (Å²) in [5.41, 5.74) is 1.93. The van der Waals surface area contributed by atoms with Crippen molar-refractivity contribution in [1.82, 2.24) is 5.32 Å². The van der Waals surface area contributed by atoms with Gasteiger partial charge in [0.1, 0.15) is 17.2 Å². The number of anilines is 1. The average Bonchev–Trinajstić information content (AvgIpc) is 2.91. The molecule has 202 valence electrons. The fourth-order valence-corrected chi connectivity index (χ4v) is 5.83. The Bertz CT molecular complexity index is 1410. The number of hydrogen-bond acceptors (Lipinski definition) is 6. The second-order valence-electron chi connectivity index (χ2n) is 10.2. The predicted octanol–water partition coefficient (Wildman–Crippen LogP) is 4.84. The highest BCUT2D eigenvalue weighted by atomic mass is 32.2. The standard InChI is InChI=1S/C29H34N2O6S/c1-19(23-9-7-8-10-25(23)36-6)30-28(32)27-18-31(38(33,34)22-14-12-21(35-5)13-15-22)24-17-20(29(2,3)4)11-16-26(24)37-27/h7-17,19,27H,18H2,1-6H3,(H,30,32)/t19-,27+/m0/s1. The minimum Gasteiger partial charge on any atom is -0.497 e. The van der Waals surface area contributed by atoms with Gasteiger partial charge >= 0.3 is 0 Å². The van der Waals surface area contributed by atoms with Gasteiger partial charge in [-0.05, 0) is 60.4 Å². The van der Waals surface area contributed by atoms with E-state index in [1.807, 2.05) is 43.3 Å². The summed E-state index contributed by atoms with van der Waals surface area (Å²) in [4.78, 5) is 13.5. The molecule has 0 radical (unpaired) electrons. The monoisotopic (exact) mass is 538 g/mol. The molecule has 3 aromatic rings. The first-order valence-electron chi connectivity index (χ1n) is 12.4. The van der Waals surface area contributed by atoms with Gasteiger partial charge in [0.25, 0.3) is 15.9 Å². The zero-order valence-electron chi connectivity index (χ0n) is 22.5. The molecule has 0 aromatic heterocycles. The fourth-order valence-electron chi connectivity index (χ4n) is 4.37. The maximum absolute atomic E-state index is 13.9. The number of carbonyl (C=O) groups excluding carboxylic acids is 1. The van der Waals surface area contributed by atoms with Crippen LogP contribution in [0.1, 0.15) is 44.9 Å². The third kappa shape index (κ3) is 5.43. The third-order valence-corrected chi connectivity index (χ3v) is 8.39. The molecule has 0 aliphatic carbocycles. The number of methoxy groups -OCH3 is 2. The van der Waals surface area contributed by atoms with Gasteiger partial charge in [0, 0.05) is 5.56 Å². The molecule has 3 aromatic carbocycles. The van der Waals surface area contributed by atoms with Gasteiger partial charge in [-0.2, -0.15) is 0 Å². The van der Waals surface area contributed by atoms with Crippen molar-refractivity contribution < 1.29 is 27.4 Å². The van der Waals surface area contributed by atoms with Crippen molar-refractivity contribution in [3.05, 3.63) is 77.9 Å². The van der Waals surface area contributed by atoms with Crippen molar-refractivity contribution in [3.8, 4) is 17.2 Å². The highest BCUT2D eigenvalue weighted by Gasteiger charge is 2.38. The number of sulfonamides is 1.